The summed E-state index contributed by atoms with van der Waals surface area (Å²) in [5.74, 6) is 0.0340. The Balaban J connectivity index is 1.58. The van der Waals surface area contributed by atoms with Gasteiger partial charge in [0.15, 0.2) is 5.76 Å². The van der Waals surface area contributed by atoms with Crippen LogP contribution in [0.3, 0.4) is 0 Å². The van der Waals surface area contributed by atoms with Crippen LogP contribution in [-0.2, 0) is 17.8 Å². The smallest absolute Gasteiger partial charge is 0.226 e. The Kier molecular flexibility index (Phi) is 4.42. The molecule has 0 aliphatic heterocycles. The Morgan fingerprint density at radius 2 is 1.87 bits per heavy atom. The molecule has 1 aromatic carbocycles. The summed E-state index contributed by atoms with van der Waals surface area (Å²) in [5.41, 5.74) is 2.21. The summed E-state index contributed by atoms with van der Waals surface area (Å²) in [6.07, 6.45) is 3.47. The number of rotatable bonds is 5. The monoisotopic (exact) mass is 311 g/mol. The summed E-state index contributed by atoms with van der Waals surface area (Å²) in [5, 5.41) is 6.68. The van der Waals surface area contributed by atoms with Crippen molar-refractivity contribution in [2.75, 3.05) is 0 Å². The van der Waals surface area contributed by atoms with E-state index in [1.54, 1.807) is 30.6 Å². The molecule has 0 fully saturated rings. The van der Waals surface area contributed by atoms with Crippen LogP contribution in [0.15, 0.2) is 59.4 Å². The average molecular weight is 311 g/mol. The first-order chi connectivity index (χ1) is 11.2. The number of nitrogens with zero attached hydrogens (tertiary/aromatic N) is 2. The number of halogens is 1. The van der Waals surface area contributed by atoms with Gasteiger partial charge in [0.25, 0.3) is 0 Å². The molecule has 1 amide bonds. The molecule has 2 aromatic heterocycles. The zero-order valence-electron chi connectivity index (χ0n) is 12.2. The van der Waals surface area contributed by atoms with Gasteiger partial charge in [0, 0.05) is 30.6 Å². The molecule has 0 aliphatic carbocycles. The van der Waals surface area contributed by atoms with Gasteiger partial charge in [0.05, 0.1) is 12.1 Å². The molecule has 116 valence electrons. The van der Waals surface area contributed by atoms with Gasteiger partial charge in [-0.15, -0.1) is 0 Å². The average Bonchev–Trinajstić information content (AvgIpc) is 3.03. The zero-order valence-corrected chi connectivity index (χ0v) is 12.2. The lowest BCUT2D eigenvalue weighted by atomic mass is 10.1. The SMILES string of the molecule is O=C(Cc1cc(-c2ccc(F)cc2)on1)NCc1ccncc1. The van der Waals surface area contributed by atoms with E-state index in [9.17, 15) is 9.18 Å². The first kappa shape index (κ1) is 14.9. The number of aromatic nitrogens is 2. The van der Waals surface area contributed by atoms with Crippen LogP contribution in [-0.4, -0.2) is 16.0 Å². The van der Waals surface area contributed by atoms with Crippen molar-refractivity contribution in [2.45, 2.75) is 13.0 Å². The Bertz CT molecular complexity index is 785. The van der Waals surface area contributed by atoms with E-state index in [1.165, 1.54) is 12.1 Å². The van der Waals surface area contributed by atoms with Crippen molar-refractivity contribution in [2.24, 2.45) is 0 Å². The fourth-order valence-electron chi connectivity index (χ4n) is 2.07. The number of nitrogens with one attached hydrogen (secondary N) is 1. The van der Waals surface area contributed by atoms with Gasteiger partial charge in [-0.2, -0.15) is 0 Å². The third kappa shape index (κ3) is 4.00. The van der Waals surface area contributed by atoms with Gasteiger partial charge in [-0.1, -0.05) is 5.16 Å². The van der Waals surface area contributed by atoms with Gasteiger partial charge in [0.1, 0.15) is 5.82 Å². The van der Waals surface area contributed by atoms with Gasteiger partial charge < -0.3 is 9.84 Å². The molecule has 5 nitrogen and oxygen atoms in total. The van der Waals surface area contributed by atoms with E-state index in [1.807, 2.05) is 12.1 Å². The Morgan fingerprint density at radius 3 is 2.61 bits per heavy atom. The normalized spacial score (nSPS) is 10.5. The van der Waals surface area contributed by atoms with E-state index >= 15 is 0 Å². The summed E-state index contributed by atoms with van der Waals surface area (Å²) < 4.78 is 18.1. The summed E-state index contributed by atoms with van der Waals surface area (Å²) in [6, 6.07) is 11.2. The zero-order chi connectivity index (χ0) is 16.1. The van der Waals surface area contributed by atoms with Crippen molar-refractivity contribution in [1.29, 1.82) is 0 Å². The van der Waals surface area contributed by atoms with Crippen molar-refractivity contribution >= 4 is 5.91 Å². The predicted octanol–water partition coefficient (Wildman–Crippen LogP) is 2.73. The minimum absolute atomic E-state index is 0.121. The minimum atomic E-state index is -0.316. The highest BCUT2D eigenvalue weighted by Crippen LogP contribution is 2.20. The van der Waals surface area contributed by atoms with E-state index in [0.717, 1.165) is 5.56 Å². The van der Waals surface area contributed by atoms with Crippen LogP contribution < -0.4 is 5.32 Å². The van der Waals surface area contributed by atoms with Crippen LogP contribution in [0, 0.1) is 5.82 Å². The van der Waals surface area contributed by atoms with Crippen molar-refractivity contribution in [1.82, 2.24) is 15.5 Å². The van der Waals surface area contributed by atoms with E-state index in [2.05, 4.69) is 15.5 Å². The topological polar surface area (TPSA) is 68.0 Å². The van der Waals surface area contributed by atoms with Crippen LogP contribution in [0.25, 0.3) is 11.3 Å². The predicted molar refractivity (Wildman–Crippen MR) is 81.7 cm³/mol. The Hall–Kier alpha value is -3.02. The molecule has 23 heavy (non-hydrogen) atoms. The Morgan fingerprint density at radius 1 is 1.13 bits per heavy atom. The second kappa shape index (κ2) is 6.83. The first-order valence-corrected chi connectivity index (χ1v) is 7.08. The van der Waals surface area contributed by atoms with Gasteiger partial charge in [0.2, 0.25) is 5.91 Å². The van der Waals surface area contributed by atoms with Crippen LogP contribution in [0.1, 0.15) is 11.3 Å². The van der Waals surface area contributed by atoms with Crippen LogP contribution in [0.4, 0.5) is 4.39 Å². The molecule has 3 rings (SSSR count). The quantitative estimate of drug-likeness (QED) is 0.786. The molecular formula is C17H14FN3O2. The standard InChI is InChI=1S/C17H14FN3O2/c18-14-3-1-13(2-4-14)16-9-15(21-23-16)10-17(22)20-11-12-5-7-19-8-6-12/h1-9H,10-11H2,(H,20,22). The molecule has 0 saturated carbocycles. The van der Waals surface area contributed by atoms with Gasteiger partial charge in [-0.3, -0.25) is 9.78 Å². The number of hydrogen-bond acceptors (Lipinski definition) is 4. The molecule has 0 bridgehead atoms. The fraction of sp³-hybridized carbons (Fsp3) is 0.118. The third-order valence-electron chi connectivity index (χ3n) is 3.27. The molecule has 0 unspecified atom stereocenters. The maximum atomic E-state index is 12.9. The van der Waals surface area contributed by atoms with E-state index in [4.69, 9.17) is 4.52 Å². The van der Waals surface area contributed by atoms with Crippen LogP contribution in [0.2, 0.25) is 0 Å². The molecule has 0 aliphatic rings. The van der Waals surface area contributed by atoms with Crippen molar-refractivity contribution in [3.8, 4) is 11.3 Å². The minimum Gasteiger partial charge on any atom is -0.356 e. The molecule has 0 radical (unpaired) electrons. The molecule has 3 aromatic rings. The third-order valence-corrected chi connectivity index (χ3v) is 3.27. The highest BCUT2D eigenvalue weighted by Gasteiger charge is 2.10. The number of amides is 1. The number of pyridine rings is 1. The second-order valence-corrected chi connectivity index (χ2v) is 5.00. The lowest BCUT2D eigenvalue weighted by Crippen LogP contribution is -2.24. The largest absolute Gasteiger partial charge is 0.356 e. The second-order valence-electron chi connectivity index (χ2n) is 5.00. The molecule has 0 spiro atoms. The van der Waals surface area contributed by atoms with Gasteiger partial charge in [-0.25, -0.2) is 4.39 Å². The van der Waals surface area contributed by atoms with E-state index < -0.39 is 0 Å². The molecule has 2 heterocycles. The summed E-state index contributed by atoms with van der Waals surface area (Å²) in [6.45, 7) is 0.435. The first-order valence-electron chi connectivity index (χ1n) is 7.08. The maximum absolute atomic E-state index is 12.9. The van der Waals surface area contributed by atoms with Crippen LogP contribution >= 0.6 is 0 Å². The van der Waals surface area contributed by atoms with E-state index in [0.29, 0.717) is 23.6 Å². The van der Waals surface area contributed by atoms with Crippen LogP contribution in [0.5, 0.6) is 0 Å². The lowest BCUT2D eigenvalue weighted by Gasteiger charge is -2.03. The summed E-state index contributed by atoms with van der Waals surface area (Å²) in [4.78, 5) is 15.8. The molecule has 1 N–H and O–H groups in total. The highest BCUT2D eigenvalue weighted by molar-refractivity contribution is 5.78. The number of benzene rings is 1. The van der Waals surface area contributed by atoms with Gasteiger partial charge in [-0.05, 0) is 42.0 Å². The molecule has 0 saturated heterocycles. The fourth-order valence-corrected chi connectivity index (χ4v) is 2.07. The number of carbonyl (C=O) groups is 1. The van der Waals surface area contributed by atoms with E-state index in [-0.39, 0.29) is 18.1 Å². The summed E-state index contributed by atoms with van der Waals surface area (Å²) in [7, 11) is 0. The number of hydrogen-bond donors (Lipinski definition) is 1. The van der Waals surface area contributed by atoms with Gasteiger partial charge >= 0.3 is 0 Å². The Labute approximate surface area is 132 Å². The lowest BCUT2D eigenvalue weighted by molar-refractivity contribution is -0.120. The molecule has 0 atom stereocenters. The maximum Gasteiger partial charge on any atom is 0.226 e. The van der Waals surface area contributed by atoms with Crippen molar-refractivity contribution < 1.29 is 13.7 Å². The van der Waals surface area contributed by atoms with Crippen molar-refractivity contribution in [3.05, 3.63) is 71.9 Å². The number of carbonyl (C=O) groups excluding carboxylic acids is 1. The summed E-state index contributed by atoms with van der Waals surface area (Å²) >= 11 is 0. The van der Waals surface area contributed by atoms with Crippen molar-refractivity contribution in [3.63, 3.8) is 0 Å². The molecule has 6 heteroatoms. The highest BCUT2D eigenvalue weighted by atomic mass is 19.1. The molecular weight excluding hydrogens is 297 g/mol.